The molecule has 2 rings (SSSR count). The fourth-order valence-corrected chi connectivity index (χ4v) is 1.72. The average Bonchev–Trinajstić information content (AvgIpc) is 2.33. The first-order valence-electron chi connectivity index (χ1n) is 5.14. The lowest BCUT2D eigenvalue weighted by Gasteiger charge is -2.29. The van der Waals surface area contributed by atoms with Crippen LogP contribution in [0.3, 0.4) is 0 Å². The fourth-order valence-electron chi connectivity index (χ4n) is 1.72. The number of ether oxygens (including phenoxy) is 1. The predicted molar refractivity (Wildman–Crippen MR) is 60.5 cm³/mol. The summed E-state index contributed by atoms with van der Waals surface area (Å²) in [6, 6.07) is 5.28. The van der Waals surface area contributed by atoms with Crippen molar-refractivity contribution in [2.24, 2.45) is 5.16 Å². The van der Waals surface area contributed by atoms with Gasteiger partial charge in [-0.05, 0) is 12.1 Å². The Bertz CT molecular complexity index is 387. The van der Waals surface area contributed by atoms with Crippen LogP contribution in [0.25, 0.3) is 0 Å². The molecule has 0 bridgehead atoms. The number of hydrogen-bond donors (Lipinski definition) is 2. The van der Waals surface area contributed by atoms with Gasteiger partial charge in [-0.1, -0.05) is 5.16 Å². The van der Waals surface area contributed by atoms with Crippen molar-refractivity contribution in [1.82, 2.24) is 0 Å². The van der Waals surface area contributed by atoms with Crippen LogP contribution in [0.4, 0.5) is 5.69 Å². The van der Waals surface area contributed by atoms with Crippen LogP contribution in [-0.2, 0) is 4.74 Å². The van der Waals surface area contributed by atoms with Gasteiger partial charge in [0, 0.05) is 30.4 Å². The van der Waals surface area contributed by atoms with Crippen LogP contribution < -0.4 is 4.90 Å². The first-order valence-corrected chi connectivity index (χ1v) is 5.14. The highest BCUT2D eigenvalue weighted by Gasteiger charge is 2.12. The molecular weight excluding hydrogens is 208 g/mol. The normalized spacial score (nSPS) is 16.9. The largest absolute Gasteiger partial charge is 0.507 e. The van der Waals surface area contributed by atoms with Crippen molar-refractivity contribution in [2.75, 3.05) is 31.2 Å². The second kappa shape index (κ2) is 4.85. The Hall–Kier alpha value is -1.75. The maximum atomic E-state index is 9.69. The number of phenols is 1. The highest BCUT2D eigenvalue weighted by Crippen LogP contribution is 2.24. The summed E-state index contributed by atoms with van der Waals surface area (Å²) in [4.78, 5) is 2.14. The zero-order valence-corrected chi connectivity index (χ0v) is 8.83. The molecule has 5 heteroatoms. The van der Waals surface area contributed by atoms with Gasteiger partial charge in [-0.15, -0.1) is 0 Å². The van der Waals surface area contributed by atoms with Crippen LogP contribution in [0.15, 0.2) is 23.4 Å². The summed E-state index contributed by atoms with van der Waals surface area (Å²) in [5.41, 5.74) is 1.45. The smallest absolute Gasteiger partial charge is 0.126 e. The fraction of sp³-hybridized carbons (Fsp3) is 0.364. The van der Waals surface area contributed by atoms with E-state index < -0.39 is 0 Å². The molecule has 0 spiro atoms. The molecule has 0 aromatic heterocycles. The van der Waals surface area contributed by atoms with Crippen LogP contribution >= 0.6 is 0 Å². The number of benzene rings is 1. The molecular formula is C11H14N2O3. The molecule has 16 heavy (non-hydrogen) atoms. The van der Waals surface area contributed by atoms with Crippen LogP contribution in [0.1, 0.15) is 5.56 Å². The van der Waals surface area contributed by atoms with Gasteiger partial charge in [-0.3, -0.25) is 0 Å². The Morgan fingerprint density at radius 3 is 2.69 bits per heavy atom. The quantitative estimate of drug-likeness (QED) is 0.446. The lowest BCUT2D eigenvalue weighted by Crippen LogP contribution is -2.36. The van der Waals surface area contributed by atoms with Crippen molar-refractivity contribution in [2.45, 2.75) is 0 Å². The van der Waals surface area contributed by atoms with E-state index in [0.717, 1.165) is 18.8 Å². The maximum absolute atomic E-state index is 9.69. The van der Waals surface area contributed by atoms with Crippen LogP contribution in [0, 0.1) is 0 Å². The molecule has 2 N–H and O–H groups in total. The molecule has 1 aliphatic heterocycles. The maximum Gasteiger partial charge on any atom is 0.126 e. The number of anilines is 1. The highest BCUT2D eigenvalue weighted by molar-refractivity contribution is 5.84. The third kappa shape index (κ3) is 2.25. The summed E-state index contributed by atoms with van der Waals surface area (Å²) in [6.45, 7) is 3.07. The second-order valence-electron chi connectivity index (χ2n) is 3.59. The van der Waals surface area contributed by atoms with E-state index in [9.17, 15) is 5.11 Å². The van der Waals surface area contributed by atoms with Gasteiger partial charge >= 0.3 is 0 Å². The van der Waals surface area contributed by atoms with Gasteiger partial charge in [0.15, 0.2) is 0 Å². The van der Waals surface area contributed by atoms with Gasteiger partial charge < -0.3 is 20.0 Å². The van der Waals surface area contributed by atoms with E-state index in [1.807, 2.05) is 6.07 Å². The number of oxime groups is 1. The van der Waals surface area contributed by atoms with Gasteiger partial charge in [0.1, 0.15) is 5.75 Å². The van der Waals surface area contributed by atoms with Crippen molar-refractivity contribution in [3.8, 4) is 5.75 Å². The summed E-state index contributed by atoms with van der Waals surface area (Å²) in [5, 5.41) is 21.0. The average molecular weight is 222 g/mol. The Labute approximate surface area is 93.6 Å². The van der Waals surface area contributed by atoms with Crippen LogP contribution in [-0.4, -0.2) is 42.8 Å². The summed E-state index contributed by atoms with van der Waals surface area (Å²) >= 11 is 0. The number of aromatic hydroxyl groups is 1. The summed E-state index contributed by atoms with van der Waals surface area (Å²) in [5.74, 6) is 0.113. The predicted octanol–water partition coefficient (Wildman–Crippen LogP) is 1.04. The van der Waals surface area contributed by atoms with Crippen molar-refractivity contribution < 1.29 is 15.1 Å². The van der Waals surface area contributed by atoms with E-state index in [4.69, 9.17) is 9.94 Å². The SMILES string of the molecule is O/N=C\c1ccc(N2CCOCC2)cc1O. The zero-order valence-electron chi connectivity index (χ0n) is 8.83. The van der Waals surface area contributed by atoms with Crippen molar-refractivity contribution in [3.63, 3.8) is 0 Å². The molecule has 0 unspecified atom stereocenters. The molecule has 0 aliphatic carbocycles. The molecule has 0 amide bonds. The zero-order chi connectivity index (χ0) is 11.4. The lowest BCUT2D eigenvalue weighted by molar-refractivity contribution is 0.122. The van der Waals surface area contributed by atoms with E-state index in [-0.39, 0.29) is 5.75 Å². The molecule has 1 fully saturated rings. The number of phenolic OH excluding ortho intramolecular Hbond substituents is 1. The molecule has 1 heterocycles. The first kappa shape index (κ1) is 10.8. The topological polar surface area (TPSA) is 65.3 Å². The minimum Gasteiger partial charge on any atom is -0.507 e. The molecule has 1 aromatic rings. The number of nitrogens with zero attached hydrogens (tertiary/aromatic N) is 2. The third-order valence-corrected chi connectivity index (χ3v) is 2.59. The molecule has 5 nitrogen and oxygen atoms in total. The highest BCUT2D eigenvalue weighted by atomic mass is 16.5. The standard InChI is InChI=1S/C11H14N2O3/c14-11-7-10(2-1-9(11)8-12-15)13-3-5-16-6-4-13/h1-2,7-8,14-15H,3-6H2/b12-8-. The van der Waals surface area contributed by atoms with Crippen LogP contribution in [0.2, 0.25) is 0 Å². The van der Waals surface area contributed by atoms with Crippen molar-refractivity contribution in [1.29, 1.82) is 0 Å². The van der Waals surface area contributed by atoms with Gasteiger partial charge in [0.2, 0.25) is 0 Å². The van der Waals surface area contributed by atoms with E-state index in [0.29, 0.717) is 18.8 Å². The molecule has 1 saturated heterocycles. The number of morpholine rings is 1. The van der Waals surface area contributed by atoms with E-state index >= 15 is 0 Å². The van der Waals surface area contributed by atoms with Gasteiger partial charge in [0.05, 0.1) is 19.4 Å². The van der Waals surface area contributed by atoms with Gasteiger partial charge in [-0.2, -0.15) is 0 Å². The molecule has 0 radical (unpaired) electrons. The monoisotopic (exact) mass is 222 g/mol. The Balaban J connectivity index is 2.19. The molecule has 1 aliphatic rings. The number of hydrogen-bond acceptors (Lipinski definition) is 5. The minimum atomic E-state index is 0.113. The summed E-state index contributed by atoms with van der Waals surface area (Å²) in [7, 11) is 0. The first-order chi connectivity index (χ1) is 7.81. The molecule has 0 saturated carbocycles. The number of rotatable bonds is 2. The molecule has 1 aromatic carbocycles. The van der Waals surface area contributed by atoms with Gasteiger partial charge in [-0.25, -0.2) is 0 Å². The summed E-state index contributed by atoms with van der Waals surface area (Å²) in [6.07, 6.45) is 1.21. The minimum absolute atomic E-state index is 0.113. The van der Waals surface area contributed by atoms with E-state index in [1.54, 1.807) is 12.1 Å². The summed E-state index contributed by atoms with van der Waals surface area (Å²) < 4.78 is 5.26. The Kier molecular flexibility index (Phi) is 3.26. The molecule has 0 atom stereocenters. The second-order valence-corrected chi connectivity index (χ2v) is 3.59. The van der Waals surface area contributed by atoms with Crippen molar-refractivity contribution >= 4 is 11.9 Å². The third-order valence-electron chi connectivity index (χ3n) is 2.59. The van der Waals surface area contributed by atoms with Crippen molar-refractivity contribution in [3.05, 3.63) is 23.8 Å². The van der Waals surface area contributed by atoms with Crippen LogP contribution in [0.5, 0.6) is 5.75 Å². The van der Waals surface area contributed by atoms with Gasteiger partial charge in [0.25, 0.3) is 0 Å². The lowest BCUT2D eigenvalue weighted by atomic mass is 10.2. The van der Waals surface area contributed by atoms with E-state index in [1.165, 1.54) is 6.21 Å². The molecule has 86 valence electrons. The van der Waals surface area contributed by atoms with E-state index in [2.05, 4.69) is 10.1 Å². The Morgan fingerprint density at radius 2 is 2.06 bits per heavy atom. The Morgan fingerprint density at radius 1 is 1.31 bits per heavy atom.